The van der Waals surface area contributed by atoms with Crippen molar-refractivity contribution >= 4 is 29.0 Å². The third kappa shape index (κ3) is 6.24. The van der Waals surface area contributed by atoms with Gasteiger partial charge in [-0.25, -0.2) is 0 Å². The van der Waals surface area contributed by atoms with Gasteiger partial charge in [-0.2, -0.15) is 0 Å². The first-order valence-electron chi connectivity index (χ1n) is 2.44. The number of hydrogen-bond donors (Lipinski definition) is 0. The molecule has 0 rings (SSSR count). The van der Waals surface area contributed by atoms with Crippen LogP contribution < -0.4 is 5.32 Å². The van der Waals surface area contributed by atoms with Crippen LogP contribution in [0.2, 0.25) is 0 Å². The Labute approximate surface area is 66.2 Å². The molecule has 0 aliphatic rings. The maximum atomic E-state index is 10.2. The summed E-state index contributed by atoms with van der Waals surface area (Å²) in [5, 5.41) is 3.44. The standard InChI is InChI=1S/C5H10NO.Mg.2H/c1-3-4-5(7)6-2;;;/h3-4H2,1-2H3;;;. The second kappa shape index (κ2) is 7.24. The second-order valence-electron chi connectivity index (χ2n) is 1.37. The van der Waals surface area contributed by atoms with Gasteiger partial charge in [0.15, 0.2) is 0 Å². The molecule has 8 heavy (non-hydrogen) atoms. The molecule has 0 spiro atoms. The van der Waals surface area contributed by atoms with E-state index in [2.05, 4.69) is 5.32 Å². The molecule has 0 bridgehead atoms. The fourth-order valence-electron chi connectivity index (χ4n) is 0.326. The summed E-state index contributed by atoms with van der Waals surface area (Å²) in [6, 6.07) is 0. The molecule has 0 aliphatic carbocycles. The summed E-state index contributed by atoms with van der Waals surface area (Å²) in [6.07, 6.45) is 1.49. The first kappa shape index (κ1) is 11.1. The molecule has 0 aromatic rings. The van der Waals surface area contributed by atoms with Crippen LogP contribution in [0.4, 0.5) is 0 Å². The van der Waals surface area contributed by atoms with Crippen LogP contribution >= 0.6 is 0 Å². The lowest BCUT2D eigenvalue weighted by molar-refractivity contribution is -0.120. The SMILES string of the molecule is CCCC(=O)[N]C.[MgH2]. The summed E-state index contributed by atoms with van der Waals surface area (Å²) in [6.45, 7) is 1.96. The van der Waals surface area contributed by atoms with Crippen LogP contribution in [0, 0.1) is 0 Å². The fraction of sp³-hybridized carbons (Fsp3) is 0.800. The van der Waals surface area contributed by atoms with E-state index in [4.69, 9.17) is 0 Å². The lowest BCUT2D eigenvalue weighted by Crippen LogP contribution is -2.08. The van der Waals surface area contributed by atoms with E-state index in [0.717, 1.165) is 6.42 Å². The zero-order valence-electron chi connectivity index (χ0n) is 4.77. The van der Waals surface area contributed by atoms with E-state index in [9.17, 15) is 4.79 Å². The Morgan fingerprint density at radius 1 is 1.62 bits per heavy atom. The highest BCUT2D eigenvalue weighted by atomic mass is 24.3. The molecule has 1 radical (unpaired) electrons. The van der Waals surface area contributed by atoms with Crippen molar-refractivity contribution in [1.29, 1.82) is 0 Å². The van der Waals surface area contributed by atoms with Crippen molar-refractivity contribution < 1.29 is 4.79 Å². The predicted octanol–water partition coefficient (Wildman–Crippen LogP) is -0.369. The Balaban J connectivity index is 0. The van der Waals surface area contributed by atoms with Gasteiger partial charge < -0.3 is 0 Å². The molecule has 45 valence electrons. The largest absolute Gasteiger partial charge is 0.316 e. The molecule has 0 atom stereocenters. The van der Waals surface area contributed by atoms with Crippen molar-refractivity contribution in [3.63, 3.8) is 0 Å². The van der Waals surface area contributed by atoms with E-state index in [1.54, 1.807) is 0 Å². The van der Waals surface area contributed by atoms with Crippen molar-refractivity contribution in [3.05, 3.63) is 0 Å². The maximum absolute atomic E-state index is 10.2. The van der Waals surface area contributed by atoms with Gasteiger partial charge in [0.2, 0.25) is 5.91 Å². The van der Waals surface area contributed by atoms with E-state index >= 15 is 0 Å². The van der Waals surface area contributed by atoms with E-state index in [0.29, 0.717) is 6.42 Å². The van der Waals surface area contributed by atoms with Gasteiger partial charge in [-0.05, 0) is 6.42 Å². The summed E-state index contributed by atoms with van der Waals surface area (Å²) < 4.78 is 0. The average molecular weight is 126 g/mol. The van der Waals surface area contributed by atoms with Crippen molar-refractivity contribution in [1.82, 2.24) is 5.32 Å². The lowest BCUT2D eigenvalue weighted by atomic mass is 10.3. The first-order valence-corrected chi connectivity index (χ1v) is 2.44. The summed E-state index contributed by atoms with van der Waals surface area (Å²) in [5.41, 5.74) is 0. The van der Waals surface area contributed by atoms with Gasteiger partial charge in [-0.3, -0.25) is 10.1 Å². The Morgan fingerprint density at radius 3 is 2.25 bits per heavy atom. The molecule has 0 saturated heterocycles. The highest BCUT2D eigenvalue weighted by Gasteiger charge is 1.92. The summed E-state index contributed by atoms with van der Waals surface area (Å²) in [4.78, 5) is 10.2. The summed E-state index contributed by atoms with van der Waals surface area (Å²) in [5.74, 6) is 0.00231. The molecular formula is C5H12MgNO. The minimum Gasteiger partial charge on any atom is -0.273 e. The number of rotatable bonds is 2. The van der Waals surface area contributed by atoms with Crippen molar-refractivity contribution in [2.24, 2.45) is 0 Å². The fourth-order valence-corrected chi connectivity index (χ4v) is 0.326. The molecule has 2 nitrogen and oxygen atoms in total. The Morgan fingerprint density at radius 2 is 2.12 bits per heavy atom. The molecule has 0 fully saturated rings. The van der Waals surface area contributed by atoms with Crippen LogP contribution in [0.15, 0.2) is 0 Å². The zero-order chi connectivity index (χ0) is 5.70. The second-order valence-corrected chi connectivity index (χ2v) is 1.37. The van der Waals surface area contributed by atoms with E-state index < -0.39 is 0 Å². The van der Waals surface area contributed by atoms with Gasteiger partial charge in [-0.15, -0.1) is 0 Å². The monoisotopic (exact) mass is 126 g/mol. The average Bonchev–Trinajstić information content (AvgIpc) is 1.68. The zero-order valence-corrected chi connectivity index (χ0v) is 4.77. The molecule has 1 amide bonds. The van der Waals surface area contributed by atoms with Gasteiger partial charge in [0.25, 0.3) is 0 Å². The molecule has 0 N–H and O–H groups in total. The van der Waals surface area contributed by atoms with E-state index in [1.807, 2.05) is 6.92 Å². The maximum Gasteiger partial charge on any atom is 0.316 e. The van der Waals surface area contributed by atoms with Gasteiger partial charge in [0.05, 0.1) is 0 Å². The number of hydrogen-bond acceptors (Lipinski definition) is 1. The van der Waals surface area contributed by atoms with Crippen molar-refractivity contribution in [3.8, 4) is 0 Å². The molecule has 3 heteroatoms. The van der Waals surface area contributed by atoms with Crippen LogP contribution in [0.3, 0.4) is 0 Å². The highest BCUT2D eigenvalue weighted by Crippen LogP contribution is 1.83. The van der Waals surface area contributed by atoms with Crippen LogP contribution in [-0.2, 0) is 4.79 Å². The van der Waals surface area contributed by atoms with Crippen LogP contribution in [0.5, 0.6) is 0 Å². The Hall–Kier alpha value is 0.236. The summed E-state index contributed by atoms with van der Waals surface area (Å²) >= 11 is 0. The Kier molecular flexibility index (Phi) is 10.0. The first-order chi connectivity index (χ1) is 3.31. The normalized spacial score (nSPS) is 7.25. The van der Waals surface area contributed by atoms with Gasteiger partial charge in [-0.1, -0.05) is 6.92 Å². The molecular weight excluding hydrogens is 114 g/mol. The third-order valence-electron chi connectivity index (χ3n) is 0.713. The van der Waals surface area contributed by atoms with Crippen molar-refractivity contribution in [2.45, 2.75) is 19.8 Å². The highest BCUT2D eigenvalue weighted by molar-refractivity contribution is 5.75. The van der Waals surface area contributed by atoms with Crippen molar-refractivity contribution in [2.75, 3.05) is 7.05 Å². The topological polar surface area (TPSA) is 31.2 Å². The van der Waals surface area contributed by atoms with Crippen LogP contribution in [0.25, 0.3) is 0 Å². The molecule has 0 saturated carbocycles. The number of amides is 1. The molecule has 0 aromatic heterocycles. The minimum absolute atomic E-state index is 0. The molecule has 0 heterocycles. The molecule has 0 unspecified atom stereocenters. The Bertz CT molecular complexity index is 65.4. The quantitative estimate of drug-likeness (QED) is 0.465. The van der Waals surface area contributed by atoms with Gasteiger partial charge >= 0.3 is 23.1 Å². The van der Waals surface area contributed by atoms with Crippen LogP contribution in [-0.4, -0.2) is 36.0 Å². The number of carbonyl (C=O) groups excluding carboxylic acids is 1. The lowest BCUT2D eigenvalue weighted by Gasteiger charge is -1.87. The number of carbonyl (C=O) groups is 1. The van der Waals surface area contributed by atoms with Gasteiger partial charge in [0.1, 0.15) is 0 Å². The molecule has 0 aliphatic heterocycles. The minimum atomic E-state index is 0. The van der Waals surface area contributed by atoms with Gasteiger partial charge in [0, 0.05) is 13.5 Å². The smallest absolute Gasteiger partial charge is 0.273 e. The number of nitrogens with zero attached hydrogens (tertiary/aromatic N) is 1. The molecule has 0 aromatic carbocycles. The third-order valence-corrected chi connectivity index (χ3v) is 0.713. The summed E-state index contributed by atoms with van der Waals surface area (Å²) in [7, 11) is 1.53. The van der Waals surface area contributed by atoms with Crippen LogP contribution in [0.1, 0.15) is 19.8 Å². The van der Waals surface area contributed by atoms with E-state index in [-0.39, 0.29) is 29.0 Å². The predicted molar refractivity (Wildman–Crippen MR) is 36.5 cm³/mol. The van der Waals surface area contributed by atoms with E-state index in [1.165, 1.54) is 7.05 Å².